The maximum absolute atomic E-state index is 13.2. The Morgan fingerprint density at radius 1 is 1.27 bits per heavy atom. The van der Waals surface area contributed by atoms with Crippen LogP contribution in [0.25, 0.3) is 10.9 Å². The van der Waals surface area contributed by atoms with Crippen LogP contribution in [-0.2, 0) is 9.53 Å². The SMILES string of the molecule is CCOC1C=C(Br)C=C(C(=O)N2CCN(c3nc4ccccc4c(=O)[nH]3)CC2)C1C. The number of H-pyrrole nitrogens is 1. The van der Waals surface area contributed by atoms with Gasteiger partial charge in [0.1, 0.15) is 0 Å². The van der Waals surface area contributed by atoms with Gasteiger partial charge in [0, 0.05) is 48.8 Å². The second-order valence-electron chi connectivity index (χ2n) is 7.55. The first kappa shape index (κ1) is 20.8. The second kappa shape index (κ2) is 8.73. The molecule has 0 bridgehead atoms. The number of halogens is 1. The third-order valence-electron chi connectivity index (χ3n) is 5.67. The molecule has 158 valence electrons. The summed E-state index contributed by atoms with van der Waals surface area (Å²) in [7, 11) is 0. The van der Waals surface area contributed by atoms with Gasteiger partial charge < -0.3 is 14.5 Å². The van der Waals surface area contributed by atoms with Gasteiger partial charge in [-0.3, -0.25) is 14.6 Å². The second-order valence-corrected chi connectivity index (χ2v) is 8.46. The maximum atomic E-state index is 13.2. The van der Waals surface area contributed by atoms with Crippen LogP contribution in [0.5, 0.6) is 0 Å². The average Bonchev–Trinajstić information content (AvgIpc) is 2.76. The summed E-state index contributed by atoms with van der Waals surface area (Å²) in [5, 5.41) is 0.579. The van der Waals surface area contributed by atoms with E-state index < -0.39 is 0 Å². The first-order valence-corrected chi connectivity index (χ1v) is 11.0. The Morgan fingerprint density at radius 2 is 2.00 bits per heavy atom. The molecule has 8 heteroatoms. The molecule has 2 unspecified atom stereocenters. The molecule has 4 rings (SSSR count). The van der Waals surface area contributed by atoms with Gasteiger partial charge in [-0.25, -0.2) is 4.98 Å². The summed E-state index contributed by atoms with van der Waals surface area (Å²) in [4.78, 5) is 36.9. The molecule has 1 N–H and O–H groups in total. The van der Waals surface area contributed by atoms with Crippen LogP contribution >= 0.6 is 15.9 Å². The van der Waals surface area contributed by atoms with E-state index in [1.807, 2.05) is 54.0 Å². The lowest BCUT2D eigenvalue weighted by atomic mass is 9.89. The van der Waals surface area contributed by atoms with Gasteiger partial charge in [0.2, 0.25) is 11.9 Å². The molecule has 1 aromatic heterocycles. The molecule has 0 spiro atoms. The Morgan fingerprint density at radius 3 is 2.73 bits per heavy atom. The quantitative estimate of drug-likeness (QED) is 0.739. The lowest BCUT2D eigenvalue weighted by Gasteiger charge is -2.37. The third kappa shape index (κ3) is 4.06. The zero-order chi connectivity index (χ0) is 21.3. The molecule has 2 aliphatic rings. The van der Waals surface area contributed by atoms with E-state index in [0.717, 1.165) is 10.1 Å². The Bertz CT molecular complexity index is 1070. The van der Waals surface area contributed by atoms with E-state index in [-0.39, 0.29) is 23.5 Å². The van der Waals surface area contributed by atoms with Crippen molar-refractivity contribution in [3.63, 3.8) is 0 Å². The predicted octanol–water partition coefficient (Wildman–Crippen LogP) is 2.83. The van der Waals surface area contributed by atoms with Crippen molar-refractivity contribution in [3.05, 3.63) is 56.8 Å². The van der Waals surface area contributed by atoms with E-state index >= 15 is 0 Å². The summed E-state index contributed by atoms with van der Waals surface area (Å²) < 4.78 is 6.66. The number of hydrogen-bond donors (Lipinski definition) is 1. The molecule has 1 aromatic carbocycles. The van der Waals surface area contributed by atoms with Gasteiger partial charge in [-0.05, 0) is 31.2 Å². The largest absolute Gasteiger partial charge is 0.374 e. The standard InChI is InChI=1S/C22H25BrN4O3/c1-3-30-19-13-15(23)12-17(14(19)2)21(29)26-8-10-27(11-9-26)22-24-18-7-5-4-6-16(18)20(28)25-22/h4-7,12-14,19H,3,8-11H2,1-2H3,(H,24,25,28). The molecule has 1 aliphatic carbocycles. The number of rotatable bonds is 4. The summed E-state index contributed by atoms with van der Waals surface area (Å²) in [6.07, 6.45) is 3.79. The number of nitrogens with zero attached hydrogens (tertiary/aromatic N) is 3. The van der Waals surface area contributed by atoms with E-state index in [2.05, 4.69) is 25.9 Å². The zero-order valence-electron chi connectivity index (χ0n) is 17.1. The zero-order valence-corrected chi connectivity index (χ0v) is 18.7. The lowest BCUT2D eigenvalue weighted by molar-refractivity contribution is -0.128. The molecule has 2 heterocycles. The fraction of sp³-hybridized carbons (Fsp3) is 0.409. The fourth-order valence-corrected chi connectivity index (χ4v) is 4.48. The van der Waals surface area contributed by atoms with Crippen LogP contribution < -0.4 is 10.5 Å². The Hall–Kier alpha value is -2.45. The summed E-state index contributed by atoms with van der Waals surface area (Å²) in [5.74, 6) is 0.588. The molecule has 1 fully saturated rings. The van der Waals surface area contributed by atoms with Crippen molar-refractivity contribution in [2.75, 3.05) is 37.7 Å². The molecule has 0 saturated carbocycles. The first-order chi connectivity index (χ1) is 14.5. The van der Waals surface area contributed by atoms with Gasteiger partial charge in [0.25, 0.3) is 5.56 Å². The highest BCUT2D eigenvalue weighted by Crippen LogP contribution is 2.30. The number of aromatic amines is 1. The summed E-state index contributed by atoms with van der Waals surface area (Å²) in [5.41, 5.74) is 1.29. The highest BCUT2D eigenvalue weighted by Gasteiger charge is 2.32. The van der Waals surface area contributed by atoms with Crippen molar-refractivity contribution in [2.45, 2.75) is 20.0 Å². The Kier molecular flexibility index (Phi) is 6.06. The van der Waals surface area contributed by atoms with Gasteiger partial charge in [0.15, 0.2) is 0 Å². The smallest absolute Gasteiger partial charge is 0.260 e. The predicted molar refractivity (Wildman–Crippen MR) is 121 cm³/mol. The first-order valence-electron chi connectivity index (χ1n) is 10.2. The van der Waals surface area contributed by atoms with Gasteiger partial charge in [0.05, 0.1) is 17.0 Å². The van der Waals surface area contributed by atoms with Crippen molar-refractivity contribution >= 4 is 38.7 Å². The summed E-state index contributed by atoms with van der Waals surface area (Å²) in [6, 6.07) is 7.30. The van der Waals surface area contributed by atoms with E-state index in [1.54, 1.807) is 6.07 Å². The number of carbonyl (C=O) groups excluding carboxylic acids is 1. The molecule has 0 radical (unpaired) electrons. The highest BCUT2D eigenvalue weighted by molar-refractivity contribution is 9.11. The van der Waals surface area contributed by atoms with Crippen LogP contribution in [-0.4, -0.2) is 59.7 Å². The number of ether oxygens (including phenoxy) is 1. The highest BCUT2D eigenvalue weighted by atomic mass is 79.9. The number of amides is 1. The normalized spacial score (nSPS) is 22.1. The molecule has 1 aliphatic heterocycles. The minimum atomic E-state index is -0.145. The van der Waals surface area contributed by atoms with Crippen molar-refractivity contribution < 1.29 is 9.53 Å². The molecular weight excluding hydrogens is 448 g/mol. The molecule has 30 heavy (non-hydrogen) atoms. The molecule has 2 aromatic rings. The number of fused-ring (bicyclic) bond motifs is 1. The summed E-state index contributed by atoms with van der Waals surface area (Å²) in [6.45, 7) is 6.95. The van der Waals surface area contributed by atoms with Crippen molar-refractivity contribution in [3.8, 4) is 0 Å². The van der Waals surface area contributed by atoms with Crippen molar-refractivity contribution in [1.82, 2.24) is 14.9 Å². The number of anilines is 1. The van der Waals surface area contributed by atoms with E-state index in [0.29, 0.717) is 49.6 Å². The maximum Gasteiger partial charge on any atom is 0.260 e. The number of benzene rings is 1. The van der Waals surface area contributed by atoms with Crippen LogP contribution in [0.4, 0.5) is 5.95 Å². The minimum absolute atomic E-state index is 0.00436. The number of allylic oxidation sites excluding steroid dienone is 2. The molecule has 1 saturated heterocycles. The number of nitrogens with one attached hydrogen (secondary N) is 1. The van der Waals surface area contributed by atoms with Crippen molar-refractivity contribution in [2.24, 2.45) is 5.92 Å². The minimum Gasteiger partial charge on any atom is -0.374 e. The van der Waals surface area contributed by atoms with Gasteiger partial charge in [-0.2, -0.15) is 0 Å². The van der Waals surface area contributed by atoms with E-state index in [9.17, 15) is 9.59 Å². The number of para-hydroxylation sites is 1. The third-order valence-corrected chi connectivity index (χ3v) is 6.17. The van der Waals surface area contributed by atoms with Gasteiger partial charge in [-0.15, -0.1) is 0 Å². The fourth-order valence-electron chi connectivity index (χ4n) is 3.98. The van der Waals surface area contributed by atoms with Gasteiger partial charge in [-0.1, -0.05) is 35.0 Å². The van der Waals surface area contributed by atoms with Crippen LogP contribution in [0.3, 0.4) is 0 Å². The van der Waals surface area contributed by atoms with E-state index in [4.69, 9.17) is 4.74 Å². The number of hydrogen-bond acceptors (Lipinski definition) is 5. The lowest BCUT2D eigenvalue weighted by Crippen LogP contribution is -2.50. The topological polar surface area (TPSA) is 78.5 Å². The Balaban J connectivity index is 1.46. The Labute approximate surface area is 183 Å². The molecule has 1 amide bonds. The molecular formula is C22H25BrN4O3. The number of aromatic nitrogens is 2. The van der Waals surface area contributed by atoms with Crippen molar-refractivity contribution in [1.29, 1.82) is 0 Å². The average molecular weight is 473 g/mol. The molecule has 2 atom stereocenters. The van der Waals surface area contributed by atoms with Gasteiger partial charge >= 0.3 is 0 Å². The van der Waals surface area contributed by atoms with Crippen LogP contribution in [0, 0.1) is 5.92 Å². The molecule has 7 nitrogen and oxygen atoms in total. The van der Waals surface area contributed by atoms with E-state index in [1.165, 1.54) is 0 Å². The number of carbonyl (C=O) groups is 1. The summed E-state index contributed by atoms with van der Waals surface area (Å²) >= 11 is 3.51. The van der Waals surface area contributed by atoms with Crippen LogP contribution in [0.1, 0.15) is 13.8 Å². The van der Waals surface area contributed by atoms with Crippen LogP contribution in [0.2, 0.25) is 0 Å². The number of piperazine rings is 1. The van der Waals surface area contributed by atoms with Crippen LogP contribution in [0.15, 0.2) is 51.3 Å². The monoisotopic (exact) mass is 472 g/mol.